The van der Waals surface area contributed by atoms with E-state index >= 15 is 0 Å². The van der Waals surface area contributed by atoms with E-state index in [9.17, 15) is 18.0 Å². The predicted molar refractivity (Wildman–Crippen MR) is 41.4 cm³/mol. The topological polar surface area (TPSA) is 42.0 Å². The Morgan fingerprint density at radius 2 is 2.23 bits per heavy atom. The molecule has 3 nitrogen and oxygen atoms in total. The molecular weight excluding hydrogens is 205 g/mol. The molecule has 72 valence electrons. The maximum Gasteiger partial charge on any atom is 0.427 e. The zero-order chi connectivity index (χ0) is 10.1. The summed E-state index contributed by atoms with van der Waals surface area (Å²) in [5.41, 5.74) is 0. The minimum Gasteiger partial charge on any atom is -0.302 e. The molecule has 0 radical (unpaired) electrons. The van der Waals surface area contributed by atoms with Crippen molar-refractivity contribution in [1.29, 1.82) is 0 Å². The zero-order valence-electron chi connectivity index (χ0n) is 6.47. The van der Waals surface area contributed by atoms with Gasteiger partial charge in [0.05, 0.1) is 6.20 Å². The van der Waals surface area contributed by atoms with E-state index in [1.165, 1.54) is 6.92 Å². The summed E-state index contributed by atoms with van der Waals surface area (Å²) in [7, 11) is 0. The number of alkyl halides is 3. The molecule has 0 saturated heterocycles. The van der Waals surface area contributed by atoms with Gasteiger partial charge in [-0.3, -0.25) is 4.79 Å². The summed E-state index contributed by atoms with van der Waals surface area (Å²) in [5.74, 6) is -0.442. The van der Waals surface area contributed by atoms with Crippen LogP contribution >= 0.6 is 11.3 Å². The molecule has 13 heavy (non-hydrogen) atoms. The predicted octanol–water partition coefficient (Wildman–Crippen LogP) is 2.12. The summed E-state index contributed by atoms with van der Waals surface area (Å²) >= 11 is 0.400. The van der Waals surface area contributed by atoms with Crippen molar-refractivity contribution in [3.63, 3.8) is 0 Å². The molecule has 1 aromatic heterocycles. The molecule has 0 unspecified atom stereocenters. The third kappa shape index (κ3) is 2.69. The summed E-state index contributed by atoms with van der Waals surface area (Å²) in [5, 5.41) is 2.12. The molecule has 1 rings (SSSR count). The molecule has 0 spiro atoms. The largest absolute Gasteiger partial charge is 0.427 e. The number of nitrogens with one attached hydrogen (secondary N) is 1. The van der Waals surface area contributed by atoms with Crippen LogP contribution in [0.4, 0.5) is 18.3 Å². The number of thiazole rings is 1. The Morgan fingerprint density at radius 3 is 2.62 bits per heavy atom. The van der Waals surface area contributed by atoms with Crippen molar-refractivity contribution in [3.8, 4) is 0 Å². The highest BCUT2D eigenvalue weighted by Gasteiger charge is 2.33. The highest BCUT2D eigenvalue weighted by Crippen LogP contribution is 2.34. The van der Waals surface area contributed by atoms with Gasteiger partial charge in [0.25, 0.3) is 0 Å². The monoisotopic (exact) mass is 210 g/mol. The first-order valence-corrected chi connectivity index (χ1v) is 4.02. The van der Waals surface area contributed by atoms with Crippen LogP contribution in [0.3, 0.4) is 0 Å². The lowest BCUT2D eigenvalue weighted by atomic mass is 10.5. The standard InChI is InChI=1S/C6H5F3N2OS/c1-3(12)11-5-10-2-4(13-5)6(7,8)9/h2H,1H3,(H,10,11,12). The first-order chi connectivity index (χ1) is 5.89. The fourth-order valence-electron chi connectivity index (χ4n) is 0.614. The molecule has 0 aliphatic rings. The lowest BCUT2D eigenvalue weighted by Gasteiger charge is -1.99. The minimum absolute atomic E-state index is 0.0418. The third-order valence-corrected chi connectivity index (χ3v) is 2.03. The Morgan fingerprint density at radius 1 is 1.62 bits per heavy atom. The molecule has 0 bridgehead atoms. The molecule has 0 aliphatic carbocycles. The van der Waals surface area contributed by atoms with Gasteiger partial charge in [-0.2, -0.15) is 13.2 Å². The van der Waals surface area contributed by atoms with Gasteiger partial charge in [0.1, 0.15) is 4.88 Å². The number of nitrogens with zero attached hydrogens (tertiary/aromatic N) is 1. The molecule has 0 aromatic carbocycles. The normalized spacial score (nSPS) is 11.4. The SMILES string of the molecule is CC(=O)Nc1ncc(C(F)(F)F)s1. The van der Waals surface area contributed by atoms with E-state index in [1.807, 2.05) is 0 Å². The second kappa shape index (κ2) is 3.33. The number of aromatic nitrogens is 1. The lowest BCUT2D eigenvalue weighted by Crippen LogP contribution is -2.04. The van der Waals surface area contributed by atoms with E-state index < -0.39 is 17.0 Å². The number of rotatable bonds is 1. The van der Waals surface area contributed by atoms with Crippen molar-refractivity contribution in [3.05, 3.63) is 11.1 Å². The van der Waals surface area contributed by atoms with Crippen molar-refractivity contribution in [1.82, 2.24) is 4.98 Å². The molecular formula is C6H5F3N2OS. The average Bonchev–Trinajstić information content (AvgIpc) is 2.32. The van der Waals surface area contributed by atoms with Crippen LogP contribution in [0.15, 0.2) is 6.20 Å². The first kappa shape index (κ1) is 9.97. The molecule has 1 heterocycles. The van der Waals surface area contributed by atoms with Crippen LogP contribution in [0.2, 0.25) is 0 Å². The van der Waals surface area contributed by atoms with Gasteiger partial charge in [-0.25, -0.2) is 4.98 Å². The van der Waals surface area contributed by atoms with Crippen molar-refractivity contribution < 1.29 is 18.0 Å². The van der Waals surface area contributed by atoms with Crippen molar-refractivity contribution in [2.45, 2.75) is 13.1 Å². The van der Waals surface area contributed by atoms with Gasteiger partial charge in [0, 0.05) is 6.92 Å². The highest BCUT2D eigenvalue weighted by atomic mass is 32.1. The van der Waals surface area contributed by atoms with Crippen LogP contribution in [0, 0.1) is 0 Å². The van der Waals surface area contributed by atoms with Crippen LogP contribution in [0.5, 0.6) is 0 Å². The van der Waals surface area contributed by atoms with Crippen LogP contribution < -0.4 is 5.32 Å². The number of carbonyl (C=O) groups is 1. The molecule has 1 aromatic rings. The molecule has 0 fully saturated rings. The van der Waals surface area contributed by atoms with Gasteiger partial charge in [-0.05, 0) is 0 Å². The van der Waals surface area contributed by atoms with E-state index in [0.717, 1.165) is 0 Å². The zero-order valence-corrected chi connectivity index (χ0v) is 7.29. The second-order valence-electron chi connectivity index (χ2n) is 2.21. The summed E-state index contributed by atoms with van der Waals surface area (Å²) < 4.78 is 36.0. The maximum absolute atomic E-state index is 12.0. The van der Waals surface area contributed by atoms with Gasteiger partial charge >= 0.3 is 6.18 Å². The van der Waals surface area contributed by atoms with Crippen molar-refractivity contribution in [2.75, 3.05) is 5.32 Å². The smallest absolute Gasteiger partial charge is 0.302 e. The molecule has 0 saturated carbocycles. The van der Waals surface area contributed by atoms with E-state index in [4.69, 9.17) is 0 Å². The Balaban J connectivity index is 2.81. The van der Waals surface area contributed by atoms with Gasteiger partial charge in [0.15, 0.2) is 5.13 Å². The second-order valence-corrected chi connectivity index (χ2v) is 3.24. The number of halogens is 3. The quantitative estimate of drug-likeness (QED) is 0.771. The van der Waals surface area contributed by atoms with Crippen molar-refractivity contribution in [2.24, 2.45) is 0 Å². The number of hydrogen-bond acceptors (Lipinski definition) is 3. The molecule has 0 atom stereocenters. The first-order valence-electron chi connectivity index (χ1n) is 3.20. The Hall–Kier alpha value is -1.11. The number of amides is 1. The molecule has 0 aliphatic heterocycles. The van der Waals surface area contributed by atoms with Crippen LogP contribution in [0.25, 0.3) is 0 Å². The number of hydrogen-bond donors (Lipinski definition) is 1. The minimum atomic E-state index is -4.39. The maximum atomic E-state index is 12.0. The van der Waals surface area contributed by atoms with Crippen LogP contribution in [0.1, 0.15) is 11.8 Å². The van der Waals surface area contributed by atoms with Crippen LogP contribution in [-0.2, 0) is 11.0 Å². The third-order valence-electron chi connectivity index (χ3n) is 1.07. The molecule has 7 heteroatoms. The van der Waals surface area contributed by atoms with Gasteiger partial charge in [0.2, 0.25) is 5.91 Å². The van der Waals surface area contributed by atoms with E-state index in [1.54, 1.807) is 0 Å². The molecule has 1 amide bonds. The average molecular weight is 210 g/mol. The van der Waals surface area contributed by atoms with Gasteiger partial charge in [-0.1, -0.05) is 11.3 Å². The van der Waals surface area contributed by atoms with E-state index in [-0.39, 0.29) is 5.13 Å². The Kier molecular flexibility index (Phi) is 2.55. The molecule has 1 N–H and O–H groups in total. The summed E-state index contributed by atoms with van der Waals surface area (Å²) in [4.78, 5) is 13.0. The van der Waals surface area contributed by atoms with E-state index in [2.05, 4.69) is 10.3 Å². The number of anilines is 1. The fraction of sp³-hybridized carbons (Fsp3) is 0.333. The Labute approximate surface area is 75.6 Å². The summed E-state index contributed by atoms with van der Waals surface area (Å²) in [6.45, 7) is 1.20. The van der Waals surface area contributed by atoms with Crippen molar-refractivity contribution >= 4 is 22.4 Å². The van der Waals surface area contributed by atoms with Gasteiger partial charge < -0.3 is 5.32 Å². The van der Waals surface area contributed by atoms with Gasteiger partial charge in [-0.15, -0.1) is 0 Å². The Bertz CT molecular complexity index is 320. The highest BCUT2D eigenvalue weighted by molar-refractivity contribution is 7.15. The summed E-state index contributed by atoms with van der Waals surface area (Å²) in [6, 6.07) is 0. The lowest BCUT2D eigenvalue weighted by molar-refractivity contribution is -0.134. The number of carbonyl (C=O) groups excluding carboxylic acids is 1. The summed E-state index contributed by atoms with van der Waals surface area (Å²) in [6.07, 6.45) is -3.70. The fourth-order valence-corrected chi connectivity index (χ4v) is 1.34. The van der Waals surface area contributed by atoms with E-state index in [0.29, 0.717) is 17.5 Å². The van der Waals surface area contributed by atoms with Crippen LogP contribution in [-0.4, -0.2) is 10.9 Å².